The molecule has 122 valence electrons. The fourth-order valence-corrected chi connectivity index (χ4v) is 3.69. The highest BCUT2D eigenvalue weighted by Gasteiger charge is 2.26. The van der Waals surface area contributed by atoms with Crippen LogP contribution in [0.1, 0.15) is 5.56 Å². The number of nitrogens with zero attached hydrogens (tertiary/aromatic N) is 2. The molecule has 0 atom stereocenters. The Kier molecular flexibility index (Phi) is 4.48. The Morgan fingerprint density at radius 3 is 2.08 bits per heavy atom. The number of anilines is 2. The van der Waals surface area contributed by atoms with Crippen LogP contribution in [0.25, 0.3) is 0 Å². The minimum absolute atomic E-state index is 0.0310. The Morgan fingerprint density at radius 1 is 0.875 bits per heavy atom. The summed E-state index contributed by atoms with van der Waals surface area (Å²) in [6, 6.07) is 21.4. The maximum atomic E-state index is 13.1. The van der Waals surface area contributed by atoms with E-state index in [2.05, 4.69) is 4.98 Å². The van der Waals surface area contributed by atoms with E-state index in [0.717, 1.165) is 5.56 Å². The lowest BCUT2D eigenvalue weighted by Gasteiger charge is -2.24. The highest BCUT2D eigenvalue weighted by Crippen LogP contribution is 2.25. The summed E-state index contributed by atoms with van der Waals surface area (Å²) in [5.74, 6) is 0. The summed E-state index contributed by atoms with van der Waals surface area (Å²) in [4.78, 5) is 3.98. The van der Waals surface area contributed by atoms with Gasteiger partial charge in [0.15, 0.2) is 5.03 Å². The second-order valence-electron chi connectivity index (χ2n) is 5.26. The minimum Gasteiger partial charge on any atom is -0.397 e. The zero-order valence-electron chi connectivity index (χ0n) is 12.9. The van der Waals surface area contributed by atoms with Crippen LogP contribution >= 0.6 is 0 Å². The van der Waals surface area contributed by atoms with Crippen molar-refractivity contribution >= 4 is 21.4 Å². The summed E-state index contributed by atoms with van der Waals surface area (Å²) >= 11 is 0. The zero-order chi connectivity index (χ0) is 17.0. The molecule has 0 unspecified atom stereocenters. The van der Waals surface area contributed by atoms with Crippen molar-refractivity contribution in [2.24, 2.45) is 0 Å². The quantitative estimate of drug-likeness (QED) is 0.775. The van der Waals surface area contributed by atoms with Crippen LogP contribution in [0.2, 0.25) is 0 Å². The van der Waals surface area contributed by atoms with Gasteiger partial charge in [-0.3, -0.25) is 4.31 Å². The number of nitrogens with two attached hydrogens (primary N) is 1. The summed E-state index contributed by atoms with van der Waals surface area (Å²) in [6.07, 6.45) is 1.35. The number of nitrogen functional groups attached to an aromatic ring is 1. The topological polar surface area (TPSA) is 76.3 Å². The number of sulfonamides is 1. The van der Waals surface area contributed by atoms with E-state index < -0.39 is 10.0 Å². The van der Waals surface area contributed by atoms with Crippen LogP contribution in [0.15, 0.2) is 84.0 Å². The van der Waals surface area contributed by atoms with Gasteiger partial charge in [0.2, 0.25) is 0 Å². The predicted octanol–water partition coefficient (Wildman–Crippen LogP) is 3.06. The molecule has 1 heterocycles. The lowest BCUT2D eigenvalue weighted by Crippen LogP contribution is -2.31. The molecule has 0 saturated carbocycles. The molecular weight excluding hydrogens is 322 g/mol. The number of aromatic nitrogens is 1. The third-order valence-electron chi connectivity index (χ3n) is 3.53. The molecule has 0 saturated heterocycles. The van der Waals surface area contributed by atoms with E-state index >= 15 is 0 Å². The van der Waals surface area contributed by atoms with Crippen LogP contribution in [0.3, 0.4) is 0 Å². The normalized spacial score (nSPS) is 11.2. The molecule has 2 aromatic carbocycles. The zero-order valence-corrected chi connectivity index (χ0v) is 13.7. The molecule has 0 spiro atoms. The Bertz CT molecular complexity index is 896. The maximum absolute atomic E-state index is 13.1. The van der Waals surface area contributed by atoms with Crippen LogP contribution in [0, 0.1) is 0 Å². The molecule has 3 rings (SSSR count). The number of rotatable bonds is 5. The van der Waals surface area contributed by atoms with Crippen molar-refractivity contribution in [3.63, 3.8) is 0 Å². The summed E-state index contributed by atoms with van der Waals surface area (Å²) < 4.78 is 27.5. The average Bonchev–Trinajstić information content (AvgIpc) is 2.61. The molecule has 5 nitrogen and oxygen atoms in total. The van der Waals surface area contributed by atoms with Gasteiger partial charge in [0.25, 0.3) is 10.0 Å². The van der Waals surface area contributed by atoms with Gasteiger partial charge < -0.3 is 5.73 Å². The Labute approximate surface area is 141 Å². The van der Waals surface area contributed by atoms with Crippen LogP contribution in [-0.2, 0) is 16.6 Å². The number of benzene rings is 2. The van der Waals surface area contributed by atoms with Crippen molar-refractivity contribution in [3.05, 3.63) is 84.6 Å². The van der Waals surface area contributed by atoms with Gasteiger partial charge in [0.05, 0.1) is 24.1 Å². The van der Waals surface area contributed by atoms with Crippen LogP contribution in [0.4, 0.5) is 11.4 Å². The van der Waals surface area contributed by atoms with Gasteiger partial charge in [-0.05, 0) is 29.8 Å². The number of pyridine rings is 1. The van der Waals surface area contributed by atoms with E-state index in [4.69, 9.17) is 5.73 Å². The smallest absolute Gasteiger partial charge is 0.282 e. The van der Waals surface area contributed by atoms with Gasteiger partial charge in [-0.2, -0.15) is 8.42 Å². The first-order valence-electron chi connectivity index (χ1n) is 7.40. The fourth-order valence-electron chi connectivity index (χ4n) is 2.32. The van der Waals surface area contributed by atoms with E-state index in [-0.39, 0.29) is 11.6 Å². The van der Waals surface area contributed by atoms with Crippen molar-refractivity contribution in [1.82, 2.24) is 4.98 Å². The molecule has 6 heteroatoms. The van der Waals surface area contributed by atoms with Crippen LogP contribution in [-0.4, -0.2) is 13.4 Å². The minimum atomic E-state index is -3.80. The summed E-state index contributed by atoms with van der Waals surface area (Å²) in [5, 5.41) is -0.0310. The van der Waals surface area contributed by atoms with Gasteiger partial charge >= 0.3 is 0 Å². The Balaban J connectivity index is 2.05. The van der Waals surface area contributed by atoms with Crippen molar-refractivity contribution in [1.29, 1.82) is 0 Å². The van der Waals surface area contributed by atoms with Crippen molar-refractivity contribution in [2.45, 2.75) is 11.6 Å². The molecule has 0 aliphatic carbocycles. The molecule has 0 aliphatic rings. The van der Waals surface area contributed by atoms with E-state index in [9.17, 15) is 8.42 Å². The third-order valence-corrected chi connectivity index (χ3v) is 5.22. The molecule has 2 N–H and O–H groups in total. The fraction of sp³-hybridized carbons (Fsp3) is 0.0556. The molecular formula is C18H17N3O2S. The average molecular weight is 339 g/mol. The standard InChI is InChI=1S/C18H17N3O2S/c19-16-11-12-18(20-13-16)24(22,23)21(17-9-5-2-6-10-17)14-15-7-3-1-4-8-15/h1-13H,14,19H2. The van der Waals surface area contributed by atoms with E-state index in [0.29, 0.717) is 11.4 Å². The van der Waals surface area contributed by atoms with Crippen molar-refractivity contribution in [3.8, 4) is 0 Å². The SMILES string of the molecule is Nc1ccc(S(=O)(=O)N(Cc2ccccc2)c2ccccc2)nc1. The first-order valence-corrected chi connectivity index (χ1v) is 8.84. The Hall–Kier alpha value is -2.86. The van der Waals surface area contributed by atoms with Crippen molar-refractivity contribution in [2.75, 3.05) is 10.0 Å². The van der Waals surface area contributed by atoms with E-state index in [1.54, 1.807) is 24.3 Å². The second-order valence-corrected chi connectivity index (χ2v) is 7.07. The van der Waals surface area contributed by atoms with Gasteiger partial charge in [0.1, 0.15) is 0 Å². The highest BCUT2D eigenvalue weighted by molar-refractivity contribution is 7.92. The molecule has 0 radical (unpaired) electrons. The summed E-state index contributed by atoms with van der Waals surface area (Å²) in [6.45, 7) is 0.221. The third kappa shape index (κ3) is 3.38. The molecule has 0 fully saturated rings. The number of para-hydroxylation sites is 1. The van der Waals surface area contributed by atoms with E-state index in [1.807, 2.05) is 36.4 Å². The molecule has 0 bridgehead atoms. The van der Waals surface area contributed by atoms with Crippen LogP contribution in [0.5, 0.6) is 0 Å². The molecule has 0 amide bonds. The van der Waals surface area contributed by atoms with Gasteiger partial charge in [-0.1, -0.05) is 48.5 Å². The highest BCUT2D eigenvalue weighted by atomic mass is 32.2. The number of hydrogen-bond acceptors (Lipinski definition) is 4. The molecule has 0 aliphatic heterocycles. The monoisotopic (exact) mass is 339 g/mol. The lowest BCUT2D eigenvalue weighted by atomic mass is 10.2. The maximum Gasteiger partial charge on any atom is 0.282 e. The molecule has 24 heavy (non-hydrogen) atoms. The predicted molar refractivity (Wildman–Crippen MR) is 94.9 cm³/mol. The number of hydrogen-bond donors (Lipinski definition) is 1. The van der Waals surface area contributed by atoms with Crippen LogP contribution < -0.4 is 10.0 Å². The largest absolute Gasteiger partial charge is 0.397 e. The summed E-state index contributed by atoms with van der Waals surface area (Å²) in [5.41, 5.74) is 7.50. The Morgan fingerprint density at radius 2 is 1.50 bits per heavy atom. The first kappa shape index (κ1) is 16.0. The van der Waals surface area contributed by atoms with Gasteiger partial charge in [-0.25, -0.2) is 4.98 Å². The van der Waals surface area contributed by atoms with E-state index in [1.165, 1.54) is 22.6 Å². The van der Waals surface area contributed by atoms with Gasteiger partial charge in [0, 0.05) is 0 Å². The summed E-state index contributed by atoms with van der Waals surface area (Å²) in [7, 11) is -3.80. The second kappa shape index (κ2) is 6.72. The van der Waals surface area contributed by atoms with Gasteiger partial charge in [-0.15, -0.1) is 0 Å². The first-order chi connectivity index (χ1) is 11.6. The molecule has 1 aromatic heterocycles. The molecule has 3 aromatic rings. The lowest BCUT2D eigenvalue weighted by molar-refractivity contribution is 0.586. The van der Waals surface area contributed by atoms with Crippen molar-refractivity contribution < 1.29 is 8.42 Å².